The minimum atomic E-state index is -3.92. The lowest BCUT2D eigenvalue weighted by molar-refractivity contribution is -0.122. The Kier molecular flexibility index (Phi) is 4.24. The molecule has 8 heteroatoms. The molecule has 1 unspecified atom stereocenters. The van der Waals surface area contributed by atoms with Crippen molar-refractivity contribution in [2.75, 3.05) is 32.1 Å². The third-order valence-corrected chi connectivity index (χ3v) is 7.78. The lowest BCUT2D eigenvalue weighted by atomic mass is 9.81. The van der Waals surface area contributed by atoms with E-state index < -0.39 is 21.3 Å². The summed E-state index contributed by atoms with van der Waals surface area (Å²) >= 11 is 0. The van der Waals surface area contributed by atoms with Crippen LogP contribution in [0.3, 0.4) is 0 Å². The monoisotopic (exact) mass is 404 g/mol. The summed E-state index contributed by atoms with van der Waals surface area (Å²) < 4.78 is 46.6. The predicted octanol–water partition coefficient (Wildman–Crippen LogP) is 2.45. The molecule has 1 atom stereocenters. The number of methoxy groups -OCH3 is 1. The van der Waals surface area contributed by atoms with Gasteiger partial charge in [0.15, 0.2) is 0 Å². The predicted molar refractivity (Wildman–Crippen MR) is 103 cm³/mol. The minimum Gasteiger partial charge on any atom is -0.497 e. The molecule has 0 aromatic heterocycles. The number of nitrogens with zero attached hydrogens (tertiary/aromatic N) is 2. The Morgan fingerprint density at radius 3 is 2.64 bits per heavy atom. The second-order valence-electron chi connectivity index (χ2n) is 7.33. The molecule has 4 rings (SSSR count). The van der Waals surface area contributed by atoms with Crippen LogP contribution in [0.2, 0.25) is 0 Å². The highest BCUT2D eigenvalue weighted by Gasteiger charge is 2.55. The largest absolute Gasteiger partial charge is 0.497 e. The molecule has 0 radical (unpaired) electrons. The van der Waals surface area contributed by atoms with Crippen molar-refractivity contribution in [1.29, 1.82) is 0 Å². The molecule has 0 bridgehead atoms. The van der Waals surface area contributed by atoms with Crippen molar-refractivity contribution >= 4 is 21.6 Å². The number of carbonyl (C=O) groups excluding carboxylic acids is 1. The maximum Gasteiger partial charge on any atom is 0.243 e. The number of sulfonamides is 1. The van der Waals surface area contributed by atoms with Gasteiger partial charge in [-0.3, -0.25) is 4.79 Å². The van der Waals surface area contributed by atoms with Gasteiger partial charge in [-0.05, 0) is 54.8 Å². The summed E-state index contributed by atoms with van der Waals surface area (Å²) in [6, 6.07) is 9.12. The van der Waals surface area contributed by atoms with Gasteiger partial charge in [-0.25, -0.2) is 12.8 Å². The maximum atomic E-state index is 13.7. The number of rotatable bonds is 3. The number of hydrogen-bond acceptors (Lipinski definition) is 4. The molecule has 0 N–H and O–H groups in total. The zero-order chi connectivity index (χ0) is 20.3. The van der Waals surface area contributed by atoms with Gasteiger partial charge >= 0.3 is 0 Å². The first kappa shape index (κ1) is 18.9. The zero-order valence-corrected chi connectivity index (χ0v) is 16.7. The maximum absolute atomic E-state index is 13.7. The first-order valence-corrected chi connectivity index (χ1v) is 10.4. The van der Waals surface area contributed by atoms with Gasteiger partial charge in [0.1, 0.15) is 11.6 Å². The van der Waals surface area contributed by atoms with Gasteiger partial charge in [-0.2, -0.15) is 4.31 Å². The molecule has 2 aromatic rings. The smallest absolute Gasteiger partial charge is 0.243 e. The number of aryl methyl sites for hydroxylation is 1. The number of benzene rings is 2. The number of halogens is 1. The van der Waals surface area contributed by atoms with E-state index in [1.165, 1.54) is 16.4 Å². The van der Waals surface area contributed by atoms with E-state index in [0.717, 1.165) is 17.3 Å². The summed E-state index contributed by atoms with van der Waals surface area (Å²) in [5.74, 6) is -0.127. The Morgan fingerprint density at radius 1 is 1.18 bits per heavy atom. The van der Waals surface area contributed by atoms with Crippen LogP contribution in [-0.2, 0) is 20.2 Å². The van der Waals surface area contributed by atoms with Crippen LogP contribution in [0.5, 0.6) is 5.75 Å². The zero-order valence-electron chi connectivity index (χ0n) is 15.9. The van der Waals surface area contributed by atoms with E-state index in [0.29, 0.717) is 17.7 Å². The molecular weight excluding hydrogens is 383 g/mol. The molecule has 148 valence electrons. The molecular formula is C20H21FN2O4S. The van der Waals surface area contributed by atoms with Crippen LogP contribution < -0.4 is 9.64 Å². The first-order chi connectivity index (χ1) is 13.2. The summed E-state index contributed by atoms with van der Waals surface area (Å²) in [4.78, 5) is 14.6. The number of carbonyl (C=O) groups is 1. The Balaban J connectivity index is 1.77. The number of amides is 1. The lowest BCUT2D eigenvalue weighted by Crippen LogP contribution is -2.42. The van der Waals surface area contributed by atoms with Gasteiger partial charge in [0.2, 0.25) is 15.9 Å². The number of anilines is 1. The average molecular weight is 404 g/mol. The number of ether oxygens (including phenoxy) is 1. The van der Waals surface area contributed by atoms with Crippen molar-refractivity contribution in [3.8, 4) is 5.75 Å². The van der Waals surface area contributed by atoms with Crippen molar-refractivity contribution in [3.05, 3.63) is 53.3 Å². The van der Waals surface area contributed by atoms with Gasteiger partial charge in [-0.1, -0.05) is 6.07 Å². The molecule has 1 spiro atoms. The highest BCUT2D eigenvalue weighted by Crippen LogP contribution is 2.48. The van der Waals surface area contributed by atoms with E-state index in [2.05, 4.69) is 0 Å². The van der Waals surface area contributed by atoms with Crippen molar-refractivity contribution in [2.45, 2.75) is 23.7 Å². The molecule has 0 saturated carbocycles. The van der Waals surface area contributed by atoms with Gasteiger partial charge < -0.3 is 9.64 Å². The Morgan fingerprint density at radius 2 is 1.93 bits per heavy atom. The fourth-order valence-corrected chi connectivity index (χ4v) is 5.97. The molecule has 2 aromatic carbocycles. The van der Waals surface area contributed by atoms with Crippen molar-refractivity contribution in [2.24, 2.45) is 0 Å². The lowest BCUT2D eigenvalue weighted by Gasteiger charge is -2.24. The topological polar surface area (TPSA) is 66.9 Å². The Bertz CT molecular complexity index is 1090. The molecule has 2 aliphatic rings. The molecule has 2 heterocycles. The van der Waals surface area contributed by atoms with Gasteiger partial charge in [-0.15, -0.1) is 0 Å². The van der Waals surface area contributed by atoms with Gasteiger partial charge in [0.05, 0.1) is 17.4 Å². The second kappa shape index (κ2) is 6.28. The summed E-state index contributed by atoms with van der Waals surface area (Å²) in [5.41, 5.74) is 1.05. The summed E-state index contributed by atoms with van der Waals surface area (Å²) in [5, 5.41) is 0. The van der Waals surface area contributed by atoms with E-state index in [9.17, 15) is 17.6 Å². The van der Waals surface area contributed by atoms with Gasteiger partial charge in [0, 0.05) is 25.8 Å². The second-order valence-corrected chi connectivity index (χ2v) is 9.23. The first-order valence-electron chi connectivity index (χ1n) is 8.94. The number of likely N-dealkylation sites (N-methyl/N-ethyl adjacent to an activating group) is 1. The van der Waals surface area contributed by atoms with Crippen molar-refractivity contribution in [1.82, 2.24) is 4.31 Å². The van der Waals surface area contributed by atoms with Crippen LogP contribution in [-0.4, -0.2) is 45.9 Å². The SMILES string of the molecule is COc1ccc2c(c1)C1(CCN(S(=O)(=O)c3cc(F)ccc3C)C1)C(=O)N2C. The third kappa shape index (κ3) is 2.55. The number of fused-ring (bicyclic) bond motifs is 2. The number of hydrogen-bond donors (Lipinski definition) is 0. The molecule has 28 heavy (non-hydrogen) atoms. The molecule has 1 saturated heterocycles. The van der Waals surface area contributed by atoms with Crippen molar-refractivity contribution < 1.29 is 22.3 Å². The van der Waals surface area contributed by atoms with Crippen LogP contribution in [0, 0.1) is 12.7 Å². The van der Waals surface area contributed by atoms with Crippen molar-refractivity contribution in [3.63, 3.8) is 0 Å². The summed E-state index contributed by atoms with van der Waals surface area (Å²) in [6.45, 7) is 1.84. The molecule has 1 amide bonds. The Labute approximate surface area is 163 Å². The molecule has 6 nitrogen and oxygen atoms in total. The average Bonchev–Trinajstić information content (AvgIpc) is 3.22. The molecule has 1 fully saturated rings. The quantitative estimate of drug-likeness (QED) is 0.788. The fourth-order valence-electron chi connectivity index (χ4n) is 4.23. The van der Waals surface area contributed by atoms with Crippen LogP contribution in [0.15, 0.2) is 41.3 Å². The molecule has 0 aliphatic carbocycles. The Hall–Kier alpha value is -2.45. The van der Waals surface area contributed by atoms with Gasteiger partial charge in [0.25, 0.3) is 0 Å². The van der Waals surface area contributed by atoms with E-state index in [-0.39, 0.29) is 23.9 Å². The normalized spacial score (nSPS) is 22.1. The van der Waals surface area contributed by atoms with Crippen LogP contribution in [0.4, 0.5) is 10.1 Å². The van der Waals surface area contributed by atoms with E-state index in [1.807, 2.05) is 6.07 Å². The highest BCUT2D eigenvalue weighted by atomic mass is 32.2. The standard InChI is InChI=1S/C20H21FN2O4S/c1-13-4-5-14(21)10-18(13)28(25,26)23-9-8-20(12-23)16-11-15(27-3)6-7-17(16)22(2)19(20)24/h4-7,10-11H,8-9,12H2,1-3H3. The van der Waals surface area contributed by atoms with E-state index in [1.54, 1.807) is 38.1 Å². The van der Waals surface area contributed by atoms with Crippen LogP contribution in [0.25, 0.3) is 0 Å². The third-order valence-electron chi connectivity index (χ3n) is 5.80. The summed E-state index contributed by atoms with van der Waals surface area (Å²) in [6.07, 6.45) is 0.365. The minimum absolute atomic E-state index is 0.0224. The van der Waals surface area contributed by atoms with E-state index in [4.69, 9.17) is 4.74 Å². The van der Waals surface area contributed by atoms with E-state index >= 15 is 0 Å². The fraction of sp³-hybridized carbons (Fsp3) is 0.350. The van der Waals surface area contributed by atoms with Crippen LogP contribution >= 0.6 is 0 Å². The molecule has 2 aliphatic heterocycles. The highest BCUT2D eigenvalue weighted by molar-refractivity contribution is 7.89. The van der Waals surface area contributed by atoms with Crippen LogP contribution in [0.1, 0.15) is 17.5 Å². The summed E-state index contributed by atoms with van der Waals surface area (Å²) in [7, 11) is -0.684.